The third kappa shape index (κ3) is 13.3. The van der Waals surface area contributed by atoms with E-state index in [4.69, 9.17) is 3.79 Å². The highest BCUT2D eigenvalue weighted by Gasteiger charge is 2.28. The van der Waals surface area contributed by atoms with Crippen LogP contribution >= 0.6 is 0 Å². The predicted molar refractivity (Wildman–Crippen MR) is 123 cm³/mol. The lowest BCUT2D eigenvalue weighted by Crippen LogP contribution is -2.37. The Balaban J connectivity index is 2.29. The maximum Gasteiger partial charge on any atom is 0.460 e. The molecule has 1 aliphatic heterocycles. The maximum absolute atomic E-state index is 6.80. The van der Waals surface area contributed by atoms with Crippen molar-refractivity contribution in [1.82, 2.24) is 4.90 Å². The summed E-state index contributed by atoms with van der Waals surface area (Å²) >= 11 is -1.01. The van der Waals surface area contributed by atoms with Crippen LogP contribution in [0.15, 0.2) is 0 Å². The van der Waals surface area contributed by atoms with Crippen LogP contribution in [0.2, 0.25) is 10.6 Å². The molecule has 1 heterocycles. The van der Waals surface area contributed by atoms with Crippen molar-refractivity contribution >= 4 is 14.5 Å². The van der Waals surface area contributed by atoms with E-state index in [0.717, 1.165) is 5.92 Å². The molecule has 3 heteroatoms. The van der Waals surface area contributed by atoms with Gasteiger partial charge in [0, 0.05) is 6.10 Å². The third-order valence-electron chi connectivity index (χ3n) is 6.59. The smallest absolute Gasteiger partial charge is 0.460 e. The van der Waals surface area contributed by atoms with Crippen molar-refractivity contribution in [2.45, 2.75) is 127 Å². The van der Waals surface area contributed by atoms with Gasteiger partial charge in [-0.1, -0.05) is 101 Å². The number of nitrogens with zero attached hydrogens (tertiary/aromatic N) is 1. The lowest BCUT2D eigenvalue weighted by atomic mass is 9.92. The molecule has 1 rings (SSSR count). The molecule has 0 bridgehead atoms. The fourth-order valence-corrected chi connectivity index (χ4v) is 7.38. The molecule has 0 N–H and O–H groups in total. The molecule has 0 aliphatic carbocycles. The molecule has 1 fully saturated rings. The molecule has 0 radical (unpaired) electrons. The van der Waals surface area contributed by atoms with E-state index in [2.05, 4.69) is 32.7 Å². The molecule has 1 aliphatic rings. The van der Waals surface area contributed by atoms with Gasteiger partial charge < -0.3 is 8.69 Å². The van der Waals surface area contributed by atoms with Gasteiger partial charge in [0.2, 0.25) is 0 Å². The Morgan fingerprint density at radius 1 is 0.778 bits per heavy atom. The van der Waals surface area contributed by atoms with Crippen LogP contribution in [0.25, 0.3) is 0 Å². The average molecular weight is 396 g/mol. The summed E-state index contributed by atoms with van der Waals surface area (Å²) in [5.74, 6) is 0.810. The normalized spacial score (nSPS) is 17.3. The van der Waals surface area contributed by atoms with E-state index in [1.54, 1.807) is 0 Å². The molecule has 1 unspecified atom stereocenters. The molecule has 0 amide bonds. The van der Waals surface area contributed by atoms with Gasteiger partial charge in [0.1, 0.15) is 0 Å². The summed E-state index contributed by atoms with van der Waals surface area (Å²) in [6, 6.07) is 0. The first-order valence-electron chi connectivity index (χ1n) is 12.5. The zero-order valence-electron chi connectivity index (χ0n) is 19.3. The molecule has 27 heavy (non-hydrogen) atoms. The Kier molecular flexibility index (Phi) is 16.4. The minimum absolute atomic E-state index is 0.510. The first-order chi connectivity index (χ1) is 13.2. The van der Waals surface area contributed by atoms with Crippen molar-refractivity contribution in [2.24, 2.45) is 5.92 Å². The van der Waals surface area contributed by atoms with Gasteiger partial charge in [-0.3, -0.25) is 0 Å². The topological polar surface area (TPSA) is 12.5 Å². The lowest BCUT2D eigenvalue weighted by Gasteiger charge is -2.34. The van der Waals surface area contributed by atoms with Gasteiger partial charge in [0.15, 0.2) is 0 Å². The molecule has 0 spiro atoms. The average Bonchev–Trinajstić information content (AvgIpc) is 2.67. The summed E-state index contributed by atoms with van der Waals surface area (Å²) < 4.78 is 6.80. The predicted octanol–water partition coefficient (Wildman–Crippen LogP) is 7.45. The van der Waals surface area contributed by atoms with Gasteiger partial charge in [-0.05, 0) is 45.8 Å². The lowest BCUT2D eigenvalue weighted by molar-refractivity contribution is 0.0953. The number of unbranched alkanes of at least 4 members (excludes halogenated alkanes) is 10. The summed E-state index contributed by atoms with van der Waals surface area (Å²) in [6.07, 6.45) is 20.2. The largest absolute Gasteiger partial charge is 0.498 e. The summed E-state index contributed by atoms with van der Waals surface area (Å²) in [6.45, 7) is 9.53. The van der Waals surface area contributed by atoms with Gasteiger partial charge in [0.05, 0.1) is 0 Å². The van der Waals surface area contributed by atoms with Crippen molar-refractivity contribution in [3.05, 3.63) is 0 Å². The minimum Gasteiger partial charge on any atom is -0.498 e. The van der Waals surface area contributed by atoms with E-state index in [1.807, 2.05) is 0 Å². The molecule has 0 aromatic carbocycles. The van der Waals surface area contributed by atoms with Crippen LogP contribution in [0.4, 0.5) is 0 Å². The van der Waals surface area contributed by atoms with Crippen molar-refractivity contribution in [2.75, 3.05) is 20.1 Å². The van der Waals surface area contributed by atoms with Crippen molar-refractivity contribution in [1.29, 1.82) is 0 Å². The minimum atomic E-state index is -1.01. The van der Waals surface area contributed by atoms with Crippen molar-refractivity contribution in [3.8, 4) is 0 Å². The second kappa shape index (κ2) is 17.3. The Morgan fingerprint density at radius 2 is 1.22 bits per heavy atom. The van der Waals surface area contributed by atoms with Crippen LogP contribution in [0.5, 0.6) is 0 Å². The standard InChI is InChI=1S/C8H16NO.2C8H17.Al/c1-7(10)8-3-5-9(2)6-4-8;2*1-3-5-7-8-6-4-2;/h7-8H,3-6H2,1-2H3;2*1,3-8H2,2H3;/q-1;;;+1. The number of rotatable bonds is 17. The van der Waals surface area contributed by atoms with E-state index in [-0.39, 0.29) is 0 Å². The highest BCUT2D eigenvalue weighted by atomic mass is 27.2. The number of piperidine rings is 1. The van der Waals surface area contributed by atoms with E-state index < -0.39 is 14.5 Å². The molecule has 2 nitrogen and oxygen atoms in total. The molecular formula is C24H50AlNO. The Labute approximate surface area is 176 Å². The van der Waals surface area contributed by atoms with E-state index in [9.17, 15) is 0 Å². The van der Waals surface area contributed by atoms with Gasteiger partial charge in [0.25, 0.3) is 0 Å². The zero-order valence-corrected chi connectivity index (χ0v) is 20.5. The Morgan fingerprint density at radius 3 is 1.70 bits per heavy atom. The second-order valence-corrected chi connectivity index (χ2v) is 11.9. The molecule has 1 atom stereocenters. The summed E-state index contributed by atoms with van der Waals surface area (Å²) in [7, 11) is 2.26. The first-order valence-corrected chi connectivity index (χ1v) is 14.6. The van der Waals surface area contributed by atoms with Gasteiger partial charge >= 0.3 is 14.5 Å². The Bertz CT molecular complexity index is 302. The summed E-state index contributed by atoms with van der Waals surface area (Å²) in [5.41, 5.74) is 0. The van der Waals surface area contributed by atoms with Crippen LogP contribution in [0.3, 0.4) is 0 Å². The van der Waals surface area contributed by atoms with Gasteiger partial charge in [-0.2, -0.15) is 0 Å². The molecule has 0 aromatic rings. The second-order valence-electron chi connectivity index (χ2n) is 9.22. The van der Waals surface area contributed by atoms with Crippen LogP contribution in [-0.4, -0.2) is 45.6 Å². The highest BCUT2D eigenvalue weighted by molar-refractivity contribution is 6.51. The highest BCUT2D eigenvalue weighted by Crippen LogP contribution is 2.25. The summed E-state index contributed by atoms with van der Waals surface area (Å²) in [5, 5.41) is 2.86. The van der Waals surface area contributed by atoms with E-state index in [0.29, 0.717) is 6.10 Å². The van der Waals surface area contributed by atoms with Gasteiger partial charge in [-0.25, -0.2) is 0 Å². The number of hydrogen-bond donors (Lipinski definition) is 0. The molecule has 0 saturated carbocycles. The number of hydrogen-bond acceptors (Lipinski definition) is 2. The van der Waals surface area contributed by atoms with Crippen molar-refractivity contribution < 1.29 is 3.79 Å². The van der Waals surface area contributed by atoms with Gasteiger partial charge in [-0.15, -0.1) is 0 Å². The quantitative estimate of drug-likeness (QED) is 0.187. The zero-order chi connectivity index (χ0) is 19.7. The monoisotopic (exact) mass is 395 g/mol. The van der Waals surface area contributed by atoms with Crippen LogP contribution < -0.4 is 0 Å². The molecular weight excluding hydrogens is 345 g/mol. The van der Waals surface area contributed by atoms with Crippen molar-refractivity contribution in [3.63, 3.8) is 0 Å². The maximum atomic E-state index is 6.80. The molecule has 160 valence electrons. The fraction of sp³-hybridized carbons (Fsp3) is 1.00. The summed E-state index contributed by atoms with van der Waals surface area (Å²) in [4.78, 5) is 2.48. The first kappa shape index (κ1) is 25.5. The van der Waals surface area contributed by atoms with Crippen LogP contribution in [-0.2, 0) is 3.79 Å². The fourth-order valence-electron chi connectivity index (χ4n) is 4.50. The third-order valence-corrected chi connectivity index (χ3v) is 9.51. The van der Waals surface area contributed by atoms with E-state index >= 15 is 0 Å². The Hall–Kier alpha value is 0.452. The van der Waals surface area contributed by atoms with Crippen LogP contribution in [0, 0.1) is 5.92 Å². The number of likely N-dealkylation sites (tertiary alicyclic amines) is 1. The molecule has 1 saturated heterocycles. The van der Waals surface area contributed by atoms with E-state index in [1.165, 1.54) is 114 Å². The SMILES string of the molecule is CCCCCCC[CH2][Al]([CH2]CCCCCCC)[O]C(C)C1CCN(C)CC1. The van der Waals surface area contributed by atoms with Crippen LogP contribution in [0.1, 0.15) is 111 Å². The molecule has 0 aromatic heterocycles.